The van der Waals surface area contributed by atoms with Crippen molar-refractivity contribution in [2.24, 2.45) is 0 Å². The van der Waals surface area contributed by atoms with Gasteiger partial charge in [-0.05, 0) is 43.7 Å². The van der Waals surface area contributed by atoms with Crippen LogP contribution in [0.25, 0.3) is 0 Å². The fourth-order valence-corrected chi connectivity index (χ4v) is 2.36. The summed E-state index contributed by atoms with van der Waals surface area (Å²) >= 11 is 0. The Morgan fingerprint density at radius 3 is 2.19 bits per heavy atom. The van der Waals surface area contributed by atoms with E-state index in [-0.39, 0.29) is 17.6 Å². The third-order valence-electron chi connectivity index (χ3n) is 3.88. The number of hydrogen-bond donors (Lipinski definition) is 2. The van der Waals surface area contributed by atoms with Crippen molar-refractivity contribution >= 4 is 23.3 Å². The normalized spacial score (nSPS) is 10.2. The number of nitrogens with one attached hydrogen (secondary N) is 2. The van der Waals surface area contributed by atoms with Crippen LogP contribution in [0, 0.1) is 0 Å². The van der Waals surface area contributed by atoms with Crippen molar-refractivity contribution in [2.45, 2.75) is 33.1 Å². The summed E-state index contributed by atoms with van der Waals surface area (Å²) in [5, 5.41) is 5.55. The molecule has 0 spiro atoms. The van der Waals surface area contributed by atoms with E-state index in [1.54, 1.807) is 24.3 Å². The number of carbonyl (C=O) groups excluding carboxylic acids is 3. The van der Waals surface area contributed by atoms with Gasteiger partial charge in [-0.2, -0.15) is 0 Å². The molecule has 2 rings (SSSR count). The van der Waals surface area contributed by atoms with E-state index < -0.39 is 0 Å². The first kappa shape index (κ1) is 19.3. The van der Waals surface area contributed by atoms with Crippen LogP contribution in [-0.2, 0) is 0 Å². The summed E-state index contributed by atoms with van der Waals surface area (Å²) in [6, 6.07) is 8.13. The molecule has 0 aliphatic rings. The second-order valence-corrected chi connectivity index (χ2v) is 6.01. The van der Waals surface area contributed by atoms with Gasteiger partial charge < -0.3 is 10.6 Å². The Balaban J connectivity index is 2.00. The number of hydrogen-bond acceptors (Lipinski definition) is 4. The first-order chi connectivity index (χ1) is 12.5. The third kappa shape index (κ3) is 5.51. The maximum absolute atomic E-state index is 12.4. The minimum atomic E-state index is -0.367. The molecule has 0 saturated carbocycles. The molecule has 0 saturated heterocycles. The lowest BCUT2D eigenvalue weighted by Crippen LogP contribution is -2.25. The van der Waals surface area contributed by atoms with Gasteiger partial charge in [0.1, 0.15) is 0 Å². The SMILES string of the molecule is CCCCCNC(=O)c1cncc(C(=O)Nc2ccc(C(C)=O)cc2)c1. The molecule has 0 radical (unpaired) electrons. The molecule has 0 aliphatic carbocycles. The number of carbonyl (C=O) groups is 3. The molecule has 0 bridgehead atoms. The Labute approximate surface area is 153 Å². The summed E-state index contributed by atoms with van der Waals surface area (Å²) in [5.41, 5.74) is 1.78. The molecule has 2 amide bonds. The van der Waals surface area contributed by atoms with Gasteiger partial charge in [-0.3, -0.25) is 19.4 Å². The molecule has 2 aromatic rings. The lowest BCUT2D eigenvalue weighted by atomic mass is 10.1. The Bertz CT molecular complexity index is 785. The predicted molar refractivity (Wildman–Crippen MR) is 100 cm³/mol. The van der Waals surface area contributed by atoms with Gasteiger partial charge in [-0.25, -0.2) is 0 Å². The number of anilines is 1. The number of aromatic nitrogens is 1. The van der Waals surface area contributed by atoms with E-state index in [1.807, 2.05) is 0 Å². The van der Waals surface area contributed by atoms with E-state index in [4.69, 9.17) is 0 Å². The molecule has 1 aromatic heterocycles. The molecule has 1 aromatic carbocycles. The van der Waals surface area contributed by atoms with Gasteiger partial charge in [0.2, 0.25) is 0 Å². The highest BCUT2D eigenvalue weighted by Gasteiger charge is 2.11. The van der Waals surface area contributed by atoms with Crippen molar-refractivity contribution in [3.05, 3.63) is 59.4 Å². The molecule has 1 heterocycles. The molecule has 136 valence electrons. The molecule has 0 atom stereocenters. The first-order valence-electron chi connectivity index (χ1n) is 8.67. The Kier molecular flexibility index (Phi) is 7.02. The largest absolute Gasteiger partial charge is 0.352 e. The number of amides is 2. The molecule has 6 nitrogen and oxygen atoms in total. The van der Waals surface area contributed by atoms with Crippen molar-refractivity contribution in [3.63, 3.8) is 0 Å². The first-order valence-corrected chi connectivity index (χ1v) is 8.67. The molecule has 0 aliphatic heterocycles. The predicted octanol–water partition coefficient (Wildman–Crippen LogP) is 3.46. The van der Waals surface area contributed by atoms with Crippen LogP contribution in [0.5, 0.6) is 0 Å². The lowest BCUT2D eigenvalue weighted by Gasteiger charge is -2.08. The summed E-state index contributed by atoms with van der Waals surface area (Å²) in [6.07, 6.45) is 5.91. The van der Waals surface area contributed by atoms with E-state index in [2.05, 4.69) is 22.5 Å². The van der Waals surface area contributed by atoms with Crippen LogP contribution in [0.3, 0.4) is 0 Å². The van der Waals surface area contributed by atoms with Gasteiger partial charge in [0, 0.05) is 30.2 Å². The average Bonchev–Trinajstić information content (AvgIpc) is 2.65. The standard InChI is InChI=1S/C20H23N3O3/c1-3-4-5-10-22-19(25)16-11-17(13-21-12-16)20(26)23-18-8-6-15(7-9-18)14(2)24/h6-9,11-13H,3-5,10H2,1-2H3,(H,22,25)(H,23,26). The number of ketones is 1. The minimum absolute atomic E-state index is 0.0373. The van der Waals surface area contributed by atoms with Crippen LogP contribution in [0.2, 0.25) is 0 Å². The van der Waals surface area contributed by atoms with Crippen molar-refractivity contribution in [3.8, 4) is 0 Å². The zero-order valence-corrected chi connectivity index (χ0v) is 15.0. The minimum Gasteiger partial charge on any atom is -0.352 e. The Morgan fingerprint density at radius 1 is 0.923 bits per heavy atom. The highest BCUT2D eigenvalue weighted by atomic mass is 16.2. The van der Waals surface area contributed by atoms with E-state index in [0.717, 1.165) is 19.3 Å². The van der Waals surface area contributed by atoms with Crippen molar-refractivity contribution in [1.82, 2.24) is 10.3 Å². The maximum atomic E-state index is 12.4. The number of nitrogens with zero attached hydrogens (tertiary/aromatic N) is 1. The summed E-state index contributed by atoms with van der Waals surface area (Å²) in [4.78, 5) is 39.7. The second-order valence-electron chi connectivity index (χ2n) is 6.01. The summed E-state index contributed by atoms with van der Waals surface area (Å²) < 4.78 is 0. The van der Waals surface area contributed by atoms with E-state index >= 15 is 0 Å². The van der Waals surface area contributed by atoms with Gasteiger partial charge in [-0.15, -0.1) is 0 Å². The molecular weight excluding hydrogens is 330 g/mol. The highest BCUT2D eigenvalue weighted by molar-refractivity contribution is 6.06. The Hall–Kier alpha value is -3.02. The number of benzene rings is 1. The van der Waals surface area contributed by atoms with E-state index in [9.17, 15) is 14.4 Å². The smallest absolute Gasteiger partial charge is 0.257 e. The van der Waals surface area contributed by atoms with Gasteiger partial charge in [0.15, 0.2) is 5.78 Å². The number of unbranched alkanes of at least 4 members (excludes halogenated alkanes) is 2. The van der Waals surface area contributed by atoms with Crippen molar-refractivity contribution < 1.29 is 14.4 Å². The van der Waals surface area contributed by atoms with Gasteiger partial charge in [0.25, 0.3) is 11.8 Å². The lowest BCUT2D eigenvalue weighted by molar-refractivity contribution is 0.0951. The third-order valence-corrected chi connectivity index (χ3v) is 3.88. The zero-order valence-electron chi connectivity index (χ0n) is 15.0. The fourth-order valence-electron chi connectivity index (χ4n) is 2.36. The number of Topliss-reactive ketones (excluding diaryl/α,β-unsaturated/α-hetero) is 1. The topological polar surface area (TPSA) is 88.2 Å². The zero-order chi connectivity index (χ0) is 18.9. The van der Waals surface area contributed by atoms with E-state index in [0.29, 0.717) is 28.9 Å². The van der Waals surface area contributed by atoms with E-state index in [1.165, 1.54) is 25.4 Å². The van der Waals surface area contributed by atoms with Crippen LogP contribution in [0.1, 0.15) is 64.2 Å². The van der Waals surface area contributed by atoms with Crippen LogP contribution < -0.4 is 10.6 Å². The Morgan fingerprint density at radius 2 is 1.58 bits per heavy atom. The average molecular weight is 353 g/mol. The summed E-state index contributed by atoms with van der Waals surface area (Å²) in [6.45, 7) is 4.19. The maximum Gasteiger partial charge on any atom is 0.257 e. The van der Waals surface area contributed by atoms with Gasteiger partial charge in [0.05, 0.1) is 11.1 Å². The van der Waals surface area contributed by atoms with Crippen LogP contribution in [-0.4, -0.2) is 29.1 Å². The molecule has 2 N–H and O–H groups in total. The van der Waals surface area contributed by atoms with Crippen LogP contribution in [0.4, 0.5) is 5.69 Å². The number of pyridine rings is 1. The molecule has 0 fully saturated rings. The highest BCUT2D eigenvalue weighted by Crippen LogP contribution is 2.12. The summed E-state index contributed by atoms with van der Waals surface area (Å²) in [7, 11) is 0. The fraction of sp³-hybridized carbons (Fsp3) is 0.300. The molecule has 6 heteroatoms. The molecular formula is C20H23N3O3. The van der Waals surface area contributed by atoms with Gasteiger partial charge >= 0.3 is 0 Å². The second kappa shape index (κ2) is 9.46. The van der Waals surface area contributed by atoms with Crippen molar-refractivity contribution in [2.75, 3.05) is 11.9 Å². The van der Waals surface area contributed by atoms with Crippen LogP contribution in [0.15, 0.2) is 42.7 Å². The van der Waals surface area contributed by atoms with Gasteiger partial charge in [-0.1, -0.05) is 19.8 Å². The number of rotatable bonds is 8. The monoisotopic (exact) mass is 353 g/mol. The molecule has 26 heavy (non-hydrogen) atoms. The molecule has 0 unspecified atom stereocenters. The van der Waals surface area contributed by atoms with Crippen molar-refractivity contribution in [1.29, 1.82) is 0 Å². The van der Waals surface area contributed by atoms with Crippen LogP contribution >= 0.6 is 0 Å². The summed E-state index contributed by atoms with van der Waals surface area (Å²) in [5.74, 6) is -0.646. The quantitative estimate of drug-likeness (QED) is 0.562.